The van der Waals surface area contributed by atoms with Crippen LogP contribution in [-0.2, 0) is 0 Å². The van der Waals surface area contributed by atoms with E-state index in [-0.39, 0.29) is 0 Å². The van der Waals surface area contributed by atoms with E-state index in [0.717, 1.165) is 19.5 Å². The average molecular weight is 213 g/mol. The predicted octanol–water partition coefficient (Wildman–Crippen LogP) is 1.05. The molecule has 0 aromatic carbocycles. The molecule has 1 aliphatic rings. The molecule has 1 unspecified atom stereocenters. The van der Waals surface area contributed by atoms with Crippen molar-refractivity contribution in [2.24, 2.45) is 11.1 Å². The molecule has 15 heavy (non-hydrogen) atoms. The van der Waals surface area contributed by atoms with Gasteiger partial charge in [-0.1, -0.05) is 13.8 Å². The van der Waals surface area contributed by atoms with Crippen LogP contribution in [0.15, 0.2) is 0 Å². The number of hydrogen-bond donors (Lipinski definition) is 2. The van der Waals surface area contributed by atoms with Gasteiger partial charge < -0.3 is 16.0 Å². The van der Waals surface area contributed by atoms with E-state index in [1.807, 2.05) is 0 Å². The molecule has 0 radical (unpaired) electrons. The zero-order valence-electron chi connectivity index (χ0n) is 10.6. The van der Waals surface area contributed by atoms with Gasteiger partial charge in [0, 0.05) is 19.1 Å². The molecule has 1 atom stereocenters. The molecular formula is C12H27N3. The van der Waals surface area contributed by atoms with Crippen LogP contribution < -0.4 is 11.1 Å². The van der Waals surface area contributed by atoms with Crippen LogP contribution in [0.3, 0.4) is 0 Å². The molecule has 0 aromatic heterocycles. The standard InChI is InChI=1S/C12H27N3/c1-12(2,6-7-13)10-14-11-5-4-8-15(3)9-11/h11,14H,4-10,13H2,1-3H3. The second-order valence-electron chi connectivity index (χ2n) is 5.69. The number of piperidine rings is 1. The van der Waals surface area contributed by atoms with Gasteiger partial charge in [0.2, 0.25) is 0 Å². The zero-order chi connectivity index (χ0) is 11.3. The molecule has 1 saturated heterocycles. The van der Waals surface area contributed by atoms with Gasteiger partial charge >= 0.3 is 0 Å². The molecule has 0 aliphatic carbocycles. The van der Waals surface area contributed by atoms with Gasteiger partial charge in [0.25, 0.3) is 0 Å². The van der Waals surface area contributed by atoms with Gasteiger partial charge in [-0.25, -0.2) is 0 Å². The Labute approximate surface area is 94.4 Å². The van der Waals surface area contributed by atoms with Crippen LogP contribution in [0.1, 0.15) is 33.1 Å². The normalized spacial score (nSPS) is 24.4. The third-order valence-corrected chi connectivity index (χ3v) is 3.31. The Hall–Kier alpha value is -0.120. The fraction of sp³-hybridized carbons (Fsp3) is 1.00. The van der Waals surface area contributed by atoms with Crippen LogP contribution in [-0.4, -0.2) is 44.2 Å². The summed E-state index contributed by atoms with van der Waals surface area (Å²) >= 11 is 0. The molecule has 0 amide bonds. The Morgan fingerprint density at radius 2 is 2.20 bits per heavy atom. The van der Waals surface area contributed by atoms with Crippen molar-refractivity contribution in [3.8, 4) is 0 Å². The second kappa shape index (κ2) is 5.83. The predicted molar refractivity (Wildman–Crippen MR) is 66.0 cm³/mol. The first-order valence-electron chi connectivity index (χ1n) is 6.15. The lowest BCUT2D eigenvalue weighted by atomic mass is 9.89. The summed E-state index contributed by atoms with van der Waals surface area (Å²) in [5, 5.41) is 3.68. The quantitative estimate of drug-likeness (QED) is 0.717. The maximum Gasteiger partial charge on any atom is 0.0195 e. The number of likely N-dealkylation sites (tertiary alicyclic amines) is 1. The van der Waals surface area contributed by atoms with Crippen molar-refractivity contribution in [2.75, 3.05) is 33.2 Å². The van der Waals surface area contributed by atoms with Gasteiger partial charge in [-0.2, -0.15) is 0 Å². The topological polar surface area (TPSA) is 41.3 Å². The Morgan fingerprint density at radius 3 is 2.80 bits per heavy atom. The summed E-state index contributed by atoms with van der Waals surface area (Å²) in [6.45, 7) is 8.91. The highest BCUT2D eigenvalue weighted by atomic mass is 15.1. The molecule has 0 aromatic rings. The summed E-state index contributed by atoms with van der Waals surface area (Å²) in [5.74, 6) is 0. The zero-order valence-corrected chi connectivity index (χ0v) is 10.6. The molecule has 1 heterocycles. The Balaban J connectivity index is 2.23. The number of nitrogens with zero attached hydrogens (tertiary/aromatic N) is 1. The van der Waals surface area contributed by atoms with Gasteiger partial charge in [-0.15, -0.1) is 0 Å². The second-order valence-corrected chi connectivity index (χ2v) is 5.69. The highest BCUT2D eigenvalue weighted by Gasteiger charge is 2.21. The molecule has 3 N–H and O–H groups in total. The maximum absolute atomic E-state index is 5.61. The Kier molecular flexibility index (Phi) is 5.03. The summed E-state index contributed by atoms with van der Waals surface area (Å²) in [4.78, 5) is 2.41. The molecule has 1 fully saturated rings. The first-order valence-corrected chi connectivity index (χ1v) is 6.15. The van der Waals surface area contributed by atoms with Crippen LogP contribution in [0, 0.1) is 5.41 Å². The minimum Gasteiger partial charge on any atom is -0.330 e. The third kappa shape index (κ3) is 4.96. The van der Waals surface area contributed by atoms with E-state index in [2.05, 4.69) is 31.1 Å². The molecule has 3 heteroatoms. The molecule has 0 bridgehead atoms. The van der Waals surface area contributed by atoms with Gasteiger partial charge in [-0.3, -0.25) is 0 Å². The number of nitrogens with one attached hydrogen (secondary N) is 1. The lowest BCUT2D eigenvalue weighted by Crippen LogP contribution is -2.46. The average Bonchev–Trinajstić information content (AvgIpc) is 2.15. The van der Waals surface area contributed by atoms with Crippen LogP contribution in [0.25, 0.3) is 0 Å². The van der Waals surface area contributed by atoms with Crippen LogP contribution in [0.2, 0.25) is 0 Å². The molecule has 0 spiro atoms. The third-order valence-electron chi connectivity index (χ3n) is 3.31. The molecule has 1 aliphatic heterocycles. The van der Waals surface area contributed by atoms with Crippen molar-refractivity contribution in [1.82, 2.24) is 10.2 Å². The van der Waals surface area contributed by atoms with Crippen molar-refractivity contribution in [2.45, 2.75) is 39.2 Å². The number of likely N-dealkylation sites (N-methyl/N-ethyl adjacent to an activating group) is 1. The highest BCUT2D eigenvalue weighted by Crippen LogP contribution is 2.18. The first-order chi connectivity index (χ1) is 7.03. The van der Waals surface area contributed by atoms with Crippen LogP contribution >= 0.6 is 0 Å². The molecule has 0 saturated carbocycles. The SMILES string of the molecule is CN1CCCC(NCC(C)(C)CCN)C1. The van der Waals surface area contributed by atoms with Gasteiger partial charge in [-0.05, 0) is 44.8 Å². The first kappa shape index (κ1) is 12.9. The van der Waals surface area contributed by atoms with E-state index < -0.39 is 0 Å². The smallest absolute Gasteiger partial charge is 0.0195 e. The Morgan fingerprint density at radius 1 is 1.47 bits per heavy atom. The van der Waals surface area contributed by atoms with Crippen LogP contribution in [0.4, 0.5) is 0 Å². The van der Waals surface area contributed by atoms with Crippen molar-refractivity contribution < 1.29 is 0 Å². The number of rotatable bonds is 5. The number of hydrogen-bond acceptors (Lipinski definition) is 3. The van der Waals surface area contributed by atoms with Crippen molar-refractivity contribution in [1.29, 1.82) is 0 Å². The molecule has 90 valence electrons. The van der Waals surface area contributed by atoms with E-state index in [1.54, 1.807) is 0 Å². The Bertz CT molecular complexity index is 180. The monoisotopic (exact) mass is 213 g/mol. The summed E-state index contributed by atoms with van der Waals surface area (Å²) < 4.78 is 0. The molecular weight excluding hydrogens is 186 g/mol. The highest BCUT2D eigenvalue weighted by molar-refractivity contribution is 4.80. The minimum atomic E-state index is 0.338. The largest absolute Gasteiger partial charge is 0.330 e. The fourth-order valence-electron chi connectivity index (χ4n) is 2.23. The van der Waals surface area contributed by atoms with Crippen molar-refractivity contribution >= 4 is 0 Å². The number of nitrogens with two attached hydrogens (primary N) is 1. The van der Waals surface area contributed by atoms with Gasteiger partial charge in [0.1, 0.15) is 0 Å². The lowest BCUT2D eigenvalue weighted by molar-refractivity contribution is 0.207. The van der Waals surface area contributed by atoms with E-state index in [1.165, 1.54) is 25.9 Å². The summed E-state index contributed by atoms with van der Waals surface area (Å²) in [6.07, 6.45) is 3.75. The van der Waals surface area contributed by atoms with E-state index in [0.29, 0.717) is 11.5 Å². The van der Waals surface area contributed by atoms with E-state index in [4.69, 9.17) is 5.73 Å². The maximum atomic E-state index is 5.61. The van der Waals surface area contributed by atoms with Crippen molar-refractivity contribution in [3.63, 3.8) is 0 Å². The van der Waals surface area contributed by atoms with Gasteiger partial charge in [0.15, 0.2) is 0 Å². The molecule has 3 nitrogen and oxygen atoms in total. The van der Waals surface area contributed by atoms with E-state index in [9.17, 15) is 0 Å². The summed E-state index contributed by atoms with van der Waals surface area (Å²) in [7, 11) is 2.21. The van der Waals surface area contributed by atoms with E-state index >= 15 is 0 Å². The summed E-state index contributed by atoms with van der Waals surface area (Å²) in [5.41, 5.74) is 5.95. The summed E-state index contributed by atoms with van der Waals surface area (Å²) in [6, 6.07) is 0.681. The lowest BCUT2D eigenvalue weighted by Gasteiger charge is -2.33. The minimum absolute atomic E-state index is 0.338. The van der Waals surface area contributed by atoms with Crippen molar-refractivity contribution in [3.05, 3.63) is 0 Å². The molecule has 1 rings (SSSR count). The van der Waals surface area contributed by atoms with Gasteiger partial charge in [0.05, 0.1) is 0 Å². The fourth-order valence-corrected chi connectivity index (χ4v) is 2.23. The van der Waals surface area contributed by atoms with Crippen LogP contribution in [0.5, 0.6) is 0 Å².